The Bertz CT molecular complexity index is 418. The third-order valence-corrected chi connectivity index (χ3v) is 3.20. The minimum absolute atomic E-state index is 0.197. The Balaban J connectivity index is 2.85. The van der Waals surface area contributed by atoms with E-state index in [0.717, 1.165) is 12.0 Å². The molecule has 1 aromatic rings. The zero-order valence-electron chi connectivity index (χ0n) is 11.1. The number of benzene rings is 1. The molecule has 1 N–H and O–H groups in total. The van der Waals surface area contributed by atoms with Gasteiger partial charge in [-0.2, -0.15) is 0 Å². The SMILES string of the molecule is CC(=O)CCC(c1ccc(C(=O)O)cc1)C(C)C. The van der Waals surface area contributed by atoms with Crippen molar-refractivity contribution >= 4 is 11.8 Å². The predicted octanol–water partition coefficient (Wildman–Crippen LogP) is 3.49. The van der Waals surface area contributed by atoms with Crippen molar-refractivity contribution in [2.75, 3.05) is 0 Å². The summed E-state index contributed by atoms with van der Waals surface area (Å²) in [4.78, 5) is 21.9. The topological polar surface area (TPSA) is 54.4 Å². The molecule has 3 nitrogen and oxygen atoms in total. The second-order valence-corrected chi connectivity index (χ2v) is 5.02. The Morgan fingerprint density at radius 3 is 2.11 bits per heavy atom. The summed E-state index contributed by atoms with van der Waals surface area (Å²) >= 11 is 0. The van der Waals surface area contributed by atoms with Crippen LogP contribution in [0.3, 0.4) is 0 Å². The van der Waals surface area contributed by atoms with Gasteiger partial charge in [0.2, 0.25) is 0 Å². The molecule has 0 saturated heterocycles. The zero-order valence-corrected chi connectivity index (χ0v) is 11.1. The number of carbonyl (C=O) groups is 2. The van der Waals surface area contributed by atoms with E-state index >= 15 is 0 Å². The number of aromatic carboxylic acids is 1. The maximum absolute atomic E-state index is 11.1. The first-order chi connectivity index (χ1) is 8.41. The fraction of sp³-hybridized carbons (Fsp3) is 0.467. The molecule has 0 fully saturated rings. The largest absolute Gasteiger partial charge is 0.478 e. The molecule has 98 valence electrons. The van der Waals surface area contributed by atoms with E-state index in [1.54, 1.807) is 19.1 Å². The molecule has 0 bridgehead atoms. The number of rotatable bonds is 6. The molecule has 1 atom stereocenters. The lowest BCUT2D eigenvalue weighted by Gasteiger charge is -2.21. The van der Waals surface area contributed by atoms with Crippen LogP contribution in [-0.2, 0) is 4.79 Å². The van der Waals surface area contributed by atoms with E-state index in [-0.39, 0.29) is 5.78 Å². The average molecular weight is 248 g/mol. The highest BCUT2D eigenvalue weighted by molar-refractivity contribution is 5.87. The van der Waals surface area contributed by atoms with Crippen molar-refractivity contribution in [2.45, 2.75) is 39.5 Å². The minimum Gasteiger partial charge on any atom is -0.478 e. The van der Waals surface area contributed by atoms with Crippen LogP contribution in [0.4, 0.5) is 0 Å². The first-order valence-corrected chi connectivity index (χ1v) is 6.24. The molecule has 18 heavy (non-hydrogen) atoms. The molecule has 0 amide bonds. The molecular formula is C15H20O3. The molecule has 0 spiro atoms. The summed E-state index contributed by atoms with van der Waals surface area (Å²) in [5.74, 6) is 0.0194. The van der Waals surface area contributed by atoms with Crippen LogP contribution >= 0.6 is 0 Å². The Kier molecular flexibility index (Phi) is 5.08. The molecule has 0 aliphatic rings. The third-order valence-electron chi connectivity index (χ3n) is 3.20. The Morgan fingerprint density at radius 1 is 1.17 bits per heavy atom. The van der Waals surface area contributed by atoms with Crippen LogP contribution in [0.2, 0.25) is 0 Å². The smallest absolute Gasteiger partial charge is 0.335 e. The summed E-state index contributed by atoms with van der Waals surface area (Å²) in [6, 6.07) is 6.96. The second-order valence-electron chi connectivity index (χ2n) is 5.02. The van der Waals surface area contributed by atoms with E-state index < -0.39 is 5.97 Å². The Morgan fingerprint density at radius 2 is 1.72 bits per heavy atom. The van der Waals surface area contributed by atoms with Gasteiger partial charge in [-0.1, -0.05) is 26.0 Å². The van der Waals surface area contributed by atoms with Gasteiger partial charge in [-0.3, -0.25) is 0 Å². The van der Waals surface area contributed by atoms with Gasteiger partial charge in [0.05, 0.1) is 5.56 Å². The van der Waals surface area contributed by atoms with Gasteiger partial charge in [0.1, 0.15) is 5.78 Å². The molecule has 3 heteroatoms. The first-order valence-electron chi connectivity index (χ1n) is 6.24. The lowest BCUT2D eigenvalue weighted by Crippen LogP contribution is -2.09. The summed E-state index contributed by atoms with van der Waals surface area (Å²) in [7, 11) is 0. The number of carbonyl (C=O) groups excluding carboxylic acids is 1. The van der Waals surface area contributed by atoms with Crippen LogP contribution < -0.4 is 0 Å². The van der Waals surface area contributed by atoms with Crippen molar-refractivity contribution in [2.24, 2.45) is 5.92 Å². The standard InChI is InChI=1S/C15H20O3/c1-10(2)14(9-4-11(3)16)12-5-7-13(8-6-12)15(17)18/h5-8,10,14H,4,9H2,1-3H3,(H,17,18). The van der Waals surface area contributed by atoms with Crippen LogP contribution in [0, 0.1) is 5.92 Å². The molecule has 0 aliphatic carbocycles. The van der Waals surface area contributed by atoms with Gasteiger partial charge in [-0.15, -0.1) is 0 Å². The molecular weight excluding hydrogens is 228 g/mol. The molecule has 0 aliphatic heterocycles. The summed E-state index contributed by atoms with van der Waals surface area (Å²) < 4.78 is 0. The number of carboxylic acids is 1. The lowest BCUT2D eigenvalue weighted by molar-refractivity contribution is -0.117. The molecule has 0 heterocycles. The third kappa shape index (κ3) is 3.99. The maximum Gasteiger partial charge on any atom is 0.335 e. The molecule has 0 saturated carbocycles. The normalized spacial score (nSPS) is 12.4. The number of carboxylic acid groups (broad SMARTS) is 1. The van der Waals surface area contributed by atoms with Gasteiger partial charge in [0.25, 0.3) is 0 Å². The maximum atomic E-state index is 11.1. The highest BCUT2D eigenvalue weighted by Crippen LogP contribution is 2.29. The van der Waals surface area contributed by atoms with E-state index in [9.17, 15) is 9.59 Å². The molecule has 1 unspecified atom stereocenters. The summed E-state index contributed by atoms with van der Waals surface area (Å²) in [5, 5.41) is 8.85. The quantitative estimate of drug-likeness (QED) is 0.838. The molecule has 1 rings (SSSR count). The van der Waals surface area contributed by atoms with E-state index in [1.165, 1.54) is 0 Å². The highest BCUT2D eigenvalue weighted by Gasteiger charge is 2.16. The second kappa shape index (κ2) is 6.34. The Hall–Kier alpha value is -1.64. The van der Waals surface area contributed by atoms with Gasteiger partial charge < -0.3 is 9.90 Å². The van der Waals surface area contributed by atoms with Crippen molar-refractivity contribution < 1.29 is 14.7 Å². The fourth-order valence-corrected chi connectivity index (χ4v) is 2.12. The van der Waals surface area contributed by atoms with E-state index in [4.69, 9.17) is 5.11 Å². The monoisotopic (exact) mass is 248 g/mol. The minimum atomic E-state index is -0.911. The number of hydrogen-bond donors (Lipinski definition) is 1. The molecule has 0 radical (unpaired) electrons. The Labute approximate surface area is 108 Å². The average Bonchev–Trinajstić information content (AvgIpc) is 2.29. The number of Topliss-reactive ketones (excluding diaryl/α,β-unsaturated/α-hetero) is 1. The van der Waals surface area contributed by atoms with Crippen molar-refractivity contribution in [1.82, 2.24) is 0 Å². The molecule has 0 aromatic heterocycles. The summed E-state index contributed by atoms with van der Waals surface area (Å²) in [6.07, 6.45) is 1.39. The highest BCUT2D eigenvalue weighted by atomic mass is 16.4. The zero-order chi connectivity index (χ0) is 13.7. The van der Waals surface area contributed by atoms with Crippen LogP contribution in [-0.4, -0.2) is 16.9 Å². The van der Waals surface area contributed by atoms with Gasteiger partial charge >= 0.3 is 5.97 Å². The van der Waals surface area contributed by atoms with Gasteiger partial charge in [-0.25, -0.2) is 4.79 Å². The van der Waals surface area contributed by atoms with Crippen molar-refractivity contribution in [3.8, 4) is 0 Å². The van der Waals surface area contributed by atoms with Crippen molar-refractivity contribution in [3.05, 3.63) is 35.4 Å². The van der Waals surface area contributed by atoms with Gasteiger partial charge in [0.15, 0.2) is 0 Å². The number of ketones is 1. The summed E-state index contributed by atoms with van der Waals surface area (Å²) in [5.41, 5.74) is 1.41. The van der Waals surface area contributed by atoms with Crippen LogP contribution in [0.15, 0.2) is 24.3 Å². The predicted molar refractivity (Wildman–Crippen MR) is 70.9 cm³/mol. The van der Waals surface area contributed by atoms with Gasteiger partial charge in [-0.05, 0) is 42.9 Å². The summed E-state index contributed by atoms with van der Waals surface area (Å²) in [6.45, 7) is 5.84. The lowest BCUT2D eigenvalue weighted by atomic mass is 9.84. The van der Waals surface area contributed by atoms with Gasteiger partial charge in [0, 0.05) is 6.42 Å². The van der Waals surface area contributed by atoms with E-state index in [0.29, 0.717) is 23.8 Å². The van der Waals surface area contributed by atoms with Crippen LogP contribution in [0.1, 0.15) is 55.5 Å². The van der Waals surface area contributed by atoms with E-state index in [1.807, 2.05) is 12.1 Å². The van der Waals surface area contributed by atoms with Crippen molar-refractivity contribution in [3.63, 3.8) is 0 Å². The molecule has 1 aromatic carbocycles. The van der Waals surface area contributed by atoms with E-state index in [2.05, 4.69) is 13.8 Å². The van der Waals surface area contributed by atoms with Crippen LogP contribution in [0.25, 0.3) is 0 Å². The van der Waals surface area contributed by atoms with Crippen LogP contribution in [0.5, 0.6) is 0 Å². The van der Waals surface area contributed by atoms with Crippen molar-refractivity contribution in [1.29, 1.82) is 0 Å². The number of hydrogen-bond acceptors (Lipinski definition) is 2. The first kappa shape index (κ1) is 14.4. The fourth-order valence-electron chi connectivity index (χ4n) is 2.12.